The van der Waals surface area contributed by atoms with Crippen molar-refractivity contribution < 1.29 is 28.0 Å². The Labute approximate surface area is 157 Å². The molecule has 1 unspecified atom stereocenters. The molecule has 0 aliphatic carbocycles. The molecular formula is C16H15F2N5O5. The lowest BCUT2D eigenvalue weighted by atomic mass is 9.95. The summed E-state index contributed by atoms with van der Waals surface area (Å²) in [5.41, 5.74) is -0.410. The molecule has 0 spiro atoms. The highest BCUT2D eigenvalue weighted by Gasteiger charge is 2.34. The van der Waals surface area contributed by atoms with Crippen molar-refractivity contribution in [3.63, 3.8) is 0 Å². The van der Waals surface area contributed by atoms with E-state index in [2.05, 4.69) is 20.4 Å². The molecule has 1 atom stereocenters. The third kappa shape index (κ3) is 4.50. The lowest BCUT2D eigenvalue weighted by Gasteiger charge is -2.26. The van der Waals surface area contributed by atoms with Crippen LogP contribution in [0.1, 0.15) is 25.5 Å². The lowest BCUT2D eigenvalue weighted by molar-refractivity contribution is -0.385. The van der Waals surface area contributed by atoms with Crippen molar-refractivity contribution >= 4 is 17.6 Å². The highest BCUT2D eigenvalue weighted by molar-refractivity contribution is 5.95. The van der Waals surface area contributed by atoms with Gasteiger partial charge in [-0.25, -0.2) is 9.79 Å². The van der Waals surface area contributed by atoms with Crippen molar-refractivity contribution in [3.05, 3.63) is 45.1 Å². The number of carbonyl (C=O) groups excluding carboxylic acids is 1. The number of ether oxygens (including phenoxy) is 2. The molecule has 0 bridgehead atoms. The number of nitriles is 1. The second kappa shape index (κ2) is 8.76. The highest BCUT2D eigenvalue weighted by atomic mass is 19.3. The molecule has 1 heterocycles. The van der Waals surface area contributed by atoms with Crippen molar-refractivity contribution in [2.75, 3.05) is 6.61 Å². The number of allylic oxidation sites excluding steroid dienone is 1. The van der Waals surface area contributed by atoms with Gasteiger partial charge in [0.1, 0.15) is 11.8 Å². The number of nitro benzene ring substituents is 1. The number of alkyl halides is 2. The first-order valence-corrected chi connectivity index (χ1v) is 7.89. The molecule has 0 amide bonds. The van der Waals surface area contributed by atoms with Crippen molar-refractivity contribution in [2.45, 2.75) is 26.5 Å². The van der Waals surface area contributed by atoms with E-state index in [4.69, 9.17) is 10.00 Å². The van der Waals surface area contributed by atoms with Gasteiger partial charge >= 0.3 is 12.6 Å². The van der Waals surface area contributed by atoms with Gasteiger partial charge in [0.15, 0.2) is 6.19 Å². The zero-order valence-corrected chi connectivity index (χ0v) is 14.7. The number of nitrogens with one attached hydrogen (secondary N) is 2. The summed E-state index contributed by atoms with van der Waals surface area (Å²) >= 11 is 0. The minimum Gasteiger partial charge on any atom is -0.463 e. The minimum absolute atomic E-state index is 0.0324. The summed E-state index contributed by atoms with van der Waals surface area (Å²) in [4.78, 5) is 26.9. The topological polar surface area (TPSA) is 139 Å². The number of nitro groups is 1. The average molecular weight is 395 g/mol. The fourth-order valence-corrected chi connectivity index (χ4v) is 2.56. The van der Waals surface area contributed by atoms with Gasteiger partial charge < -0.3 is 14.8 Å². The number of aliphatic imine (C=N–C) groups is 1. The Morgan fingerprint density at radius 2 is 2.25 bits per heavy atom. The Balaban J connectivity index is 2.68. The van der Waals surface area contributed by atoms with Crippen molar-refractivity contribution in [1.29, 1.82) is 5.26 Å². The number of non-ortho nitro benzene ring substituents is 1. The van der Waals surface area contributed by atoms with E-state index in [-0.39, 0.29) is 29.4 Å². The first-order valence-electron chi connectivity index (χ1n) is 7.89. The first-order chi connectivity index (χ1) is 13.3. The van der Waals surface area contributed by atoms with Crippen molar-refractivity contribution in [1.82, 2.24) is 10.6 Å². The largest absolute Gasteiger partial charge is 0.463 e. The number of nitrogens with zero attached hydrogens (tertiary/aromatic N) is 3. The van der Waals surface area contributed by atoms with Crippen LogP contribution in [-0.4, -0.2) is 30.1 Å². The molecule has 1 aromatic carbocycles. The highest BCUT2D eigenvalue weighted by Crippen LogP contribution is 2.39. The van der Waals surface area contributed by atoms with Gasteiger partial charge in [-0.2, -0.15) is 14.0 Å². The Morgan fingerprint density at radius 1 is 1.54 bits per heavy atom. The number of halogens is 2. The van der Waals surface area contributed by atoms with Gasteiger partial charge in [-0.3, -0.25) is 15.4 Å². The van der Waals surface area contributed by atoms with Gasteiger partial charge in [-0.05, 0) is 19.9 Å². The zero-order chi connectivity index (χ0) is 20.8. The molecule has 10 nitrogen and oxygen atoms in total. The van der Waals surface area contributed by atoms with E-state index in [0.29, 0.717) is 0 Å². The molecule has 12 heteroatoms. The van der Waals surface area contributed by atoms with E-state index >= 15 is 0 Å². The maximum absolute atomic E-state index is 12.8. The van der Waals surface area contributed by atoms with Crippen LogP contribution in [-0.2, 0) is 9.53 Å². The van der Waals surface area contributed by atoms with E-state index in [0.717, 1.165) is 18.2 Å². The summed E-state index contributed by atoms with van der Waals surface area (Å²) in [6.45, 7) is -0.120. The van der Waals surface area contributed by atoms with Crippen LogP contribution in [0.3, 0.4) is 0 Å². The fourth-order valence-electron chi connectivity index (χ4n) is 2.56. The van der Waals surface area contributed by atoms with Gasteiger partial charge in [-0.15, -0.1) is 0 Å². The zero-order valence-electron chi connectivity index (χ0n) is 14.7. The molecule has 1 aliphatic rings. The molecule has 0 saturated carbocycles. The number of hydrogen-bond donors (Lipinski definition) is 2. The SMILES string of the molecule is CCOC(=O)C1=C(C)NC(NC#N)=NC1c1cc([N+](=O)[O-])ccc1OC(F)F. The van der Waals surface area contributed by atoms with Crippen LogP contribution in [0.15, 0.2) is 34.5 Å². The molecule has 1 aromatic rings. The maximum atomic E-state index is 12.8. The van der Waals surface area contributed by atoms with Crippen LogP contribution >= 0.6 is 0 Å². The van der Waals surface area contributed by atoms with Crippen LogP contribution < -0.4 is 15.4 Å². The summed E-state index contributed by atoms with van der Waals surface area (Å²) in [6, 6.07) is 1.67. The quantitative estimate of drug-likeness (QED) is 0.245. The molecule has 0 saturated heterocycles. The maximum Gasteiger partial charge on any atom is 0.387 e. The molecule has 2 N–H and O–H groups in total. The minimum atomic E-state index is -3.21. The number of esters is 1. The summed E-state index contributed by atoms with van der Waals surface area (Å²) < 4.78 is 35.1. The van der Waals surface area contributed by atoms with Gasteiger partial charge in [0, 0.05) is 23.4 Å². The van der Waals surface area contributed by atoms with Crippen LogP contribution in [0.2, 0.25) is 0 Å². The molecular weight excluding hydrogens is 380 g/mol. The standard InChI is InChI=1S/C16H15F2N5O5/c1-3-27-14(24)12-8(2)21-16(20-7-19)22-13(12)10-6-9(23(25)26)4-5-11(10)28-15(17)18/h4-6,13,15H,3H2,1-2H3,(H2,20,21,22). The number of carbonyl (C=O) groups is 1. The fraction of sp³-hybridized carbons (Fsp3) is 0.312. The first kappa shape index (κ1) is 20.6. The Bertz CT molecular complexity index is 894. The predicted octanol–water partition coefficient (Wildman–Crippen LogP) is 2.10. The summed E-state index contributed by atoms with van der Waals surface area (Å²) in [7, 11) is 0. The second-order valence-corrected chi connectivity index (χ2v) is 5.36. The number of hydrogen-bond acceptors (Lipinski definition) is 9. The smallest absolute Gasteiger partial charge is 0.387 e. The van der Waals surface area contributed by atoms with E-state index < -0.39 is 35.0 Å². The third-order valence-corrected chi connectivity index (χ3v) is 3.63. The monoisotopic (exact) mass is 395 g/mol. The summed E-state index contributed by atoms with van der Waals surface area (Å²) in [6.07, 6.45) is 1.63. The van der Waals surface area contributed by atoms with Crippen LogP contribution in [0, 0.1) is 21.6 Å². The van der Waals surface area contributed by atoms with E-state index in [1.54, 1.807) is 13.1 Å². The van der Waals surface area contributed by atoms with Gasteiger partial charge in [0.05, 0.1) is 17.1 Å². The van der Waals surface area contributed by atoms with E-state index in [1.165, 1.54) is 6.92 Å². The van der Waals surface area contributed by atoms with Gasteiger partial charge in [-0.1, -0.05) is 0 Å². The molecule has 1 aliphatic heterocycles. The van der Waals surface area contributed by atoms with E-state index in [9.17, 15) is 23.7 Å². The Morgan fingerprint density at radius 3 is 2.82 bits per heavy atom. The third-order valence-electron chi connectivity index (χ3n) is 3.63. The predicted molar refractivity (Wildman–Crippen MR) is 91.1 cm³/mol. The number of guanidine groups is 1. The summed E-state index contributed by atoms with van der Waals surface area (Å²) in [5.74, 6) is -1.28. The van der Waals surface area contributed by atoms with Crippen LogP contribution in [0.25, 0.3) is 0 Å². The normalized spacial score (nSPS) is 16.0. The Hall–Kier alpha value is -3.75. The molecule has 0 fully saturated rings. The summed E-state index contributed by atoms with van der Waals surface area (Å²) in [5, 5.41) is 24.9. The number of rotatable bonds is 6. The van der Waals surface area contributed by atoms with E-state index in [1.807, 2.05) is 0 Å². The van der Waals surface area contributed by atoms with Crippen molar-refractivity contribution in [2.24, 2.45) is 4.99 Å². The lowest BCUT2D eigenvalue weighted by Crippen LogP contribution is -2.39. The van der Waals surface area contributed by atoms with Crippen LogP contribution in [0.4, 0.5) is 14.5 Å². The molecule has 0 aromatic heterocycles. The van der Waals surface area contributed by atoms with Gasteiger partial charge in [0.25, 0.3) is 5.69 Å². The van der Waals surface area contributed by atoms with Crippen LogP contribution in [0.5, 0.6) is 5.75 Å². The average Bonchev–Trinajstić information content (AvgIpc) is 2.61. The molecule has 148 valence electrons. The molecule has 2 rings (SSSR count). The van der Waals surface area contributed by atoms with Gasteiger partial charge in [0.2, 0.25) is 5.96 Å². The number of benzene rings is 1. The second-order valence-electron chi connectivity index (χ2n) is 5.36. The van der Waals surface area contributed by atoms with Crippen molar-refractivity contribution in [3.8, 4) is 11.9 Å². The molecule has 0 radical (unpaired) electrons. The molecule has 28 heavy (non-hydrogen) atoms. The Kier molecular flexibility index (Phi) is 6.43.